The van der Waals surface area contributed by atoms with E-state index >= 15 is 0 Å². The fourth-order valence-electron chi connectivity index (χ4n) is 2.72. The molecular formula is C24H22N2O5. The van der Waals surface area contributed by atoms with Gasteiger partial charge in [-0.1, -0.05) is 30.3 Å². The lowest BCUT2D eigenvalue weighted by molar-refractivity contribution is -0.129. The minimum atomic E-state index is -0.539. The van der Waals surface area contributed by atoms with E-state index in [0.29, 0.717) is 22.8 Å². The van der Waals surface area contributed by atoms with Crippen molar-refractivity contribution in [3.8, 4) is 11.5 Å². The van der Waals surface area contributed by atoms with Crippen LogP contribution in [0.25, 0.3) is 6.08 Å². The second-order valence-corrected chi connectivity index (χ2v) is 6.65. The number of hydrazone groups is 1. The molecule has 7 nitrogen and oxygen atoms in total. The summed E-state index contributed by atoms with van der Waals surface area (Å²) >= 11 is 0. The minimum Gasteiger partial charge on any atom is -0.483 e. The van der Waals surface area contributed by atoms with Crippen molar-refractivity contribution < 1.29 is 23.5 Å². The molecule has 0 aliphatic heterocycles. The summed E-state index contributed by atoms with van der Waals surface area (Å²) in [4.78, 5) is 23.9. The van der Waals surface area contributed by atoms with E-state index in [1.807, 2.05) is 32.0 Å². The molecule has 0 atom stereocenters. The minimum absolute atomic E-state index is 0.150. The molecule has 2 aromatic carbocycles. The smallest absolute Gasteiger partial charge is 0.336 e. The van der Waals surface area contributed by atoms with Gasteiger partial charge in [0.15, 0.2) is 6.61 Å². The van der Waals surface area contributed by atoms with Crippen molar-refractivity contribution in [2.24, 2.45) is 5.10 Å². The van der Waals surface area contributed by atoms with Crippen molar-refractivity contribution in [2.75, 3.05) is 6.61 Å². The molecule has 0 spiro atoms. The van der Waals surface area contributed by atoms with Gasteiger partial charge in [0.2, 0.25) is 0 Å². The van der Waals surface area contributed by atoms with Gasteiger partial charge in [-0.25, -0.2) is 10.2 Å². The third-order valence-corrected chi connectivity index (χ3v) is 4.16. The molecule has 1 heterocycles. The largest absolute Gasteiger partial charge is 0.483 e. The molecule has 0 saturated carbocycles. The normalized spacial score (nSPS) is 11.0. The molecule has 0 radical (unpaired) electrons. The van der Waals surface area contributed by atoms with Crippen molar-refractivity contribution >= 4 is 24.2 Å². The van der Waals surface area contributed by atoms with Crippen LogP contribution in [0.2, 0.25) is 0 Å². The molecular weight excluding hydrogens is 396 g/mol. The molecule has 158 valence electrons. The van der Waals surface area contributed by atoms with Gasteiger partial charge in [-0.2, -0.15) is 5.10 Å². The van der Waals surface area contributed by atoms with Gasteiger partial charge in [0.1, 0.15) is 17.3 Å². The Morgan fingerprint density at radius 3 is 2.58 bits per heavy atom. The number of nitrogens with one attached hydrogen (secondary N) is 1. The van der Waals surface area contributed by atoms with E-state index in [9.17, 15) is 9.59 Å². The van der Waals surface area contributed by atoms with Crippen molar-refractivity contribution in [3.05, 3.63) is 89.4 Å². The first-order chi connectivity index (χ1) is 15.0. The van der Waals surface area contributed by atoms with E-state index in [2.05, 4.69) is 10.5 Å². The van der Waals surface area contributed by atoms with Crippen LogP contribution < -0.4 is 14.9 Å². The number of furan rings is 1. The predicted octanol–water partition coefficient (Wildman–Crippen LogP) is 4.04. The van der Waals surface area contributed by atoms with Gasteiger partial charge in [0.05, 0.1) is 12.5 Å². The second kappa shape index (κ2) is 10.6. The van der Waals surface area contributed by atoms with Crippen LogP contribution in [0.4, 0.5) is 0 Å². The Bertz CT molecular complexity index is 1080. The Hall–Kier alpha value is -4.13. The van der Waals surface area contributed by atoms with Crippen molar-refractivity contribution in [1.29, 1.82) is 0 Å². The molecule has 1 aromatic heterocycles. The molecule has 1 N–H and O–H groups in total. The van der Waals surface area contributed by atoms with Crippen LogP contribution in [0.1, 0.15) is 22.5 Å². The van der Waals surface area contributed by atoms with Gasteiger partial charge in [0, 0.05) is 6.08 Å². The third kappa shape index (κ3) is 6.71. The van der Waals surface area contributed by atoms with Crippen LogP contribution in [0.5, 0.6) is 11.5 Å². The molecule has 0 bridgehead atoms. The summed E-state index contributed by atoms with van der Waals surface area (Å²) in [6.45, 7) is 3.69. The first kappa shape index (κ1) is 21.6. The highest BCUT2D eigenvalue weighted by atomic mass is 16.5. The van der Waals surface area contributed by atoms with Crippen LogP contribution in [0.3, 0.4) is 0 Å². The van der Waals surface area contributed by atoms with E-state index in [1.165, 1.54) is 24.6 Å². The number of esters is 1. The first-order valence-corrected chi connectivity index (χ1v) is 9.55. The number of rotatable bonds is 8. The van der Waals surface area contributed by atoms with Gasteiger partial charge in [-0.05, 0) is 60.9 Å². The fraction of sp³-hybridized carbons (Fsp3) is 0.125. The summed E-state index contributed by atoms with van der Waals surface area (Å²) in [7, 11) is 0. The molecule has 0 aliphatic rings. The van der Waals surface area contributed by atoms with Gasteiger partial charge < -0.3 is 13.9 Å². The molecule has 0 aliphatic carbocycles. The number of benzene rings is 2. The van der Waals surface area contributed by atoms with E-state index in [4.69, 9.17) is 13.9 Å². The number of aryl methyl sites for hydroxylation is 2. The number of carbonyl (C=O) groups excluding carboxylic acids is 2. The van der Waals surface area contributed by atoms with Crippen molar-refractivity contribution in [3.63, 3.8) is 0 Å². The topological polar surface area (TPSA) is 90.1 Å². The maximum absolute atomic E-state index is 12.0. The monoisotopic (exact) mass is 418 g/mol. The van der Waals surface area contributed by atoms with Crippen LogP contribution in [-0.2, 0) is 9.59 Å². The average molecular weight is 418 g/mol. The highest BCUT2D eigenvalue weighted by molar-refractivity contribution is 5.89. The molecule has 1 amide bonds. The molecule has 31 heavy (non-hydrogen) atoms. The first-order valence-electron chi connectivity index (χ1n) is 9.55. The number of hydrogen-bond acceptors (Lipinski definition) is 6. The zero-order valence-corrected chi connectivity index (χ0v) is 17.2. The van der Waals surface area contributed by atoms with Crippen molar-refractivity contribution in [2.45, 2.75) is 13.8 Å². The zero-order chi connectivity index (χ0) is 22.1. The highest BCUT2D eigenvalue weighted by Crippen LogP contribution is 2.22. The third-order valence-electron chi connectivity index (χ3n) is 4.16. The van der Waals surface area contributed by atoms with Crippen LogP contribution in [0.15, 0.2) is 76.5 Å². The fourth-order valence-corrected chi connectivity index (χ4v) is 2.72. The summed E-state index contributed by atoms with van der Waals surface area (Å²) in [5.41, 5.74) is 4.98. The van der Waals surface area contributed by atoms with E-state index in [0.717, 1.165) is 11.1 Å². The SMILES string of the molecule is Cc1cccc(C)c1OCC(=O)N/N=C/c1cccc(OC(=O)/C=C/c2ccco2)c1. The summed E-state index contributed by atoms with van der Waals surface area (Å²) < 4.78 is 16.0. The predicted molar refractivity (Wildman–Crippen MR) is 117 cm³/mol. The summed E-state index contributed by atoms with van der Waals surface area (Å²) in [5.74, 6) is 0.669. The Balaban J connectivity index is 1.49. The average Bonchev–Trinajstić information content (AvgIpc) is 3.26. The molecule has 3 rings (SSSR count). The van der Waals surface area contributed by atoms with Gasteiger partial charge in [0.25, 0.3) is 5.91 Å². The molecule has 3 aromatic rings. The molecule has 0 unspecified atom stereocenters. The zero-order valence-electron chi connectivity index (χ0n) is 17.2. The Morgan fingerprint density at radius 1 is 1.06 bits per heavy atom. The van der Waals surface area contributed by atoms with Gasteiger partial charge in [-0.15, -0.1) is 0 Å². The number of carbonyl (C=O) groups is 2. The Labute approximate surface area is 180 Å². The lowest BCUT2D eigenvalue weighted by Crippen LogP contribution is -2.25. The standard InChI is InChI=1S/C24H22N2O5/c1-17-6-3-7-18(2)24(17)30-16-22(27)26-25-15-19-8-4-9-21(14-19)31-23(28)12-11-20-10-5-13-29-20/h3-15H,16H2,1-2H3,(H,26,27)/b12-11+,25-15+. The molecule has 7 heteroatoms. The summed E-state index contributed by atoms with van der Waals surface area (Å²) in [6, 6.07) is 16.0. The van der Waals surface area contributed by atoms with E-state index in [1.54, 1.807) is 36.4 Å². The van der Waals surface area contributed by atoms with E-state index < -0.39 is 5.97 Å². The summed E-state index contributed by atoms with van der Waals surface area (Å²) in [6.07, 6.45) is 5.76. The quantitative estimate of drug-likeness (QED) is 0.196. The number of hydrogen-bond donors (Lipinski definition) is 1. The molecule has 0 saturated heterocycles. The lowest BCUT2D eigenvalue weighted by atomic mass is 10.1. The Kier molecular flexibility index (Phi) is 7.37. The highest BCUT2D eigenvalue weighted by Gasteiger charge is 2.06. The number of nitrogens with zero attached hydrogens (tertiary/aromatic N) is 1. The summed E-state index contributed by atoms with van der Waals surface area (Å²) in [5, 5.41) is 3.92. The number of amides is 1. The number of para-hydroxylation sites is 1. The second-order valence-electron chi connectivity index (χ2n) is 6.65. The lowest BCUT2D eigenvalue weighted by Gasteiger charge is -2.10. The van der Waals surface area contributed by atoms with Crippen molar-refractivity contribution in [1.82, 2.24) is 5.43 Å². The maximum atomic E-state index is 12.0. The van der Waals surface area contributed by atoms with Gasteiger partial charge >= 0.3 is 5.97 Å². The maximum Gasteiger partial charge on any atom is 0.336 e. The molecule has 0 fully saturated rings. The number of ether oxygens (including phenoxy) is 2. The Morgan fingerprint density at radius 2 is 1.84 bits per heavy atom. The van der Waals surface area contributed by atoms with Crippen LogP contribution in [-0.4, -0.2) is 24.7 Å². The van der Waals surface area contributed by atoms with E-state index in [-0.39, 0.29) is 12.5 Å². The van der Waals surface area contributed by atoms with Crippen LogP contribution >= 0.6 is 0 Å². The van der Waals surface area contributed by atoms with Crippen LogP contribution in [0, 0.1) is 13.8 Å². The van der Waals surface area contributed by atoms with Gasteiger partial charge in [-0.3, -0.25) is 4.79 Å².